The lowest BCUT2D eigenvalue weighted by Gasteiger charge is -1.96. The van der Waals surface area contributed by atoms with Crippen molar-refractivity contribution in [3.05, 3.63) is 12.2 Å². The number of aliphatic carboxylic acids is 1. The van der Waals surface area contributed by atoms with E-state index in [9.17, 15) is 4.79 Å². The summed E-state index contributed by atoms with van der Waals surface area (Å²) in [5.74, 6) is -0.935. The average Bonchev–Trinajstić information content (AvgIpc) is 2.60. The van der Waals surface area contributed by atoms with Crippen LogP contribution >= 0.6 is 0 Å². The predicted octanol–water partition coefficient (Wildman–Crippen LogP) is -4.36. The first-order chi connectivity index (χ1) is 11.1. The third kappa shape index (κ3) is 37.3. The Hall–Kier alpha value is -1.15. The third-order valence-corrected chi connectivity index (χ3v) is 1.63. The summed E-state index contributed by atoms with van der Waals surface area (Å²) in [5.41, 5.74) is 0.176. The average molecular weight is 362 g/mol. The quantitative estimate of drug-likeness (QED) is 0.195. The van der Waals surface area contributed by atoms with Crippen molar-refractivity contribution in [2.75, 3.05) is 39.6 Å². The maximum atomic E-state index is 9.60. The zero-order chi connectivity index (χ0) is 20.1. The molecule has 0 rings (SSSR count). The van der Waals surface area contributed by atoms with Crippen LogP contribution in [0.15, 0.2) is 12.2 Å². The number of carbonyl (C=O) groups is 1. The molecule has 0 aromatic heterocycles. The van der Waals surface area contributed by atoms with Gasteiger partial charge in [0.2, 0.25) is 0 Å². The van der Waals surface area contributed by atoms with Gasteiger partial charge in [-0.15, -0.1) is 0 Å². The van der Waals surface area contributed by atoms with Crippen molar-refractivity contribution >= 4 is 5.97 Å². The van der Waals surface area contributed by atoms with Crippen LogP contribution in [-0.2, 0) is 4.79 Å². The van der Waals surface area contributed by atoms with E-state index >= 15 is 0 Å². The number of aliphatic hydroxyl groups is 9. The Morgan fingerprint density at radius 1 is 0.708 bits per heavy atom. The molecule has 0 aliphatic heterocycles. The monoisotopic (exact) mass is 362 g/mol. The third-order valence-electron chi connectivity index (χ3n) is 1.63. The summed E-state index contributed by atoms with van der Waals surface area (Å²) in [6.07, 6.45) is -2.86. The second-order valence-electron chi connectivity index (χ2n) is 4.14. The highest BCUT2D eigenvalue weighted by Crippen LogP contribution is 1.81. The summed E-state index contributed by atoms with van der Waals surface area (Å²) >= 11 is 0. The smallest absolute Gasteiger partial charge is 0.330 e. The molecule has 10 N–H and O–H groups in total. The van der Waals surface area contributed by atoms with Gasteiger partial charge in [-0.25, -0.2) is 4.79 Å². The zero-order valence-electron chi connectivity index (χ0n) is 13.6. The molecular formula is C13H30O11. The zero-order valence-corrected chi connectivity index (χ0v) is 13.6. The molecule has 0 aliphatic carbocycles. The Morgan fingerprint density at radius 2 is 0.833 bits per heavy atom. The number of carboxylic acids is 1. The van der Waals surface area contributed by atoms with Crippen molar-refractivity contribution in [3.8, 4) is 0 Å². The van der Waals surface area contributed by atoms with Gasteiger partial charge in [0.05, 0.1) is 39.6 Å². The van der Waals surface area contributed by atoms with Crippen LogP contribution in [0.5, 0.6) is 0 Å². The van der Waals surface area contributed by atoms with Crippen molar-refractivity contribution in [1.29, 1.82) is 0 Å². The molecule has 0 aromatic carbocycles. The molecule has 0 spiro atoms. The van der Waals surface area contributed by atoms with Gasteiger partial charge in [-0.05, 0) is 6.92 Å². The second-order valence-corrected chi connectivity index (χ2v) is 4.14. The summed E-state index contributed by atoms with van der Waals surface area (Å²) in [6, 6.07) is 0. The van der Waals surface area contributed by atoms with Crippen LogP contribution in [0, 0.1) is 0 Å². The van der Waals surface area contributed by atoms with Crippen LogP contribution in [0.4, 0.5) is 0 Å². The predicted molar refractivity (Wildman–Crippen MR) is 83.0 cm³/mol. The summed E-state index contributed by atoms with van der Waals surface area (Å²) in [7, 11) is 0. The summed E-state index contributed by atoms with van der Waals surface area (Å²) in [4.78, 5) is 9.60. The van der Waals surface area contributed by atoms with E-state index in [-0.39, 0.29) is 45.2 Å². The Balaban J connectivity index is -0.000000111. The molecule has 0 aliphatic rings. The number of rotatable bonds is 7. The van der Waals surface area contributed by atoms with Crippen molar-refractivity contribution in [1.82, 2.24) is 0 Å². The largest absolute Gasteiger partial charge is 0.478 e. The molecule has 0 atom stereocenters. The summed E-state index contributed by atoms with van der Waals surface area (Å²) in [5, 5.41) is 79.9. The van der Waals surface area contributed by atoms with Crippen LogP contribution in [0.2, 0.25) is 0 Å². The van der Waals surface area contributed by atoms with Gasteiger partial charge in [0, 0.05) is 5.57 Å². The molecule has 11 heteroatoms. The van der Waals surface area contributed by atoms with Gasteiger partial charge in [-0.1, -0.05) is 6.58 Å². The van der Waals surface area contributed by atoms with E-state index in [1.165, 1.54) is 6.92 Å². The molecule has 0 fully saturated rings. The Kier molecular flexibility index (Phi) is 30.8. The van der Waals surface area contributed by atoms with E-state index in [0.29, 0.717) is 0 Å². The van der Waals surface area contributed by atoms with E-state index in [1.54, 1.807) is 0 Å². The van der Waals surface area contributed by atoms with Gasteiger partial charge >= 0.3 is 5.97 Å². The highest BCUT2D eigenvalue weighted by molar-refractivity contribution is 5.84. The maximum Gasteiger partial charge on any atom is 0.330 e. The molecule has 0 radical (unpaired) electrons. The minimum atomic E-state index is -0.954. The molecule has 0 saturated heterocycles. The van der Waals surface area contributed by atoms with Gasteiger partial charge in [0.25, 0.3) is 0 Å². The molecule has 24 heavy (non-hydrogen) atoms. The van der Waals surface area contributed by atoms with Crippen LogP contribution < -0.4 is 0 Å². The fourth-order valence-electron chi connectivity index (χ4n) is 0.173. The van der Waals surface area contributed by atoms with Gasteiger partial charge in [-0.2, -0.15) is 0 Å². The molecule has 0 unspecified atom stereocenters. The topological polar surface area (TPSA) is 219 Å². The van der Waals surface area contributed by atoms with Crippen molar-refractivity contribution in [3.63, 3.8) is 0 Å². The van der Waals surface area contributed by atoms with Gasteiger partial charge in [0.1, 0.15) is 18.3 Å². The number of carboxylic acid groups (broad SMARTS) is 1. The molecular weight excluding hydrogens is 332 g/mol. The van der Waals surface area contributed by atoms with E-state index in [4.69, 9.17) is 51.1 Å². The lowest BCUT2D eigenvalue weighted by molar-refractivity contribution is -0.132. The SMILES string of the molecule is C=C(C)C(=O)O.OCC(O)CO.OCC(O)CO.OCC(O)CO. The Labute approximate surface area is 140 Å². The molecule has 148 valence electrons. The van der Waals surface area contributed by atoms with Gasteiger partial charge < -0.3 is 51.1 Å². The molecule has 0 bridgehead atoms. The van der Waals surface area contributed by atoms with Crippen LogP contribution in [0.1, 0.15) is 6.92 Å². The molecule has 0 saturated carbocycles. The minimum absolute atomic E-state index is 0.176. The highest BCUT2D eigenvalue weighted by atomic mass is 16.4. The highest BCUT2D eigenvalue weighted by Gasteiger charge is 1.94. The number of hydrogen-bond acceptors (Lipinski definition) is 10. The molecule has 0 heterocycles. The Morgan fingerprint density at radius 3 is 0.833 bits per heavy atom. The first kappa shape index (κ1) is 30.7. The van der Waals surface area contributed by atoms with E-state index in [1.807, 2.05) is 0 Å². The lowest BCUT2D eigenvalue weighted by atomic mass is 10.4. The normalized spacial score (nSPS) is 9.38. The maximum absolute atomic E-state index is 9.60. The van der Waals surface area contributed by atoms with Crippen molar-refractivity contribution < 1.29 is 55.9 Å². The lowest BCUT2D eigenvalue weighted by Crippen LogP contribution is -2.15. The molecule has 11 nitrogen and oxygen atoms in total. The van der Waals surface area contributed by atoms with E-state index in [2.05, 4.69) is 6.58 Å². The summed E-state index contributed by atoms with van der Waals surface area (Å²) < 4.78 is 0. The number of hydrogen-bond donors (Lipinski definition) is 10. The first-order valence-corrected chi connectivity index (χ1v) is 6.65. The second kappa shape index (κ2) is 24.1. The standard InChI is InChI=1S/C4H6O2.3C3H8O3/c1-3(2)4(5)6;3*4-1-3(6)2-5/h1H2,2H3,(H,5,6);3*3-6H,1-2H2. The van der Waals surface area contributed by atoms with Crippen molar-refractivity contribution in [2.24, 2.45) is 0 Å². The Bertz CT molecular complexity index is 225. The summed E-state index contributed by atoms with van der Waals surface area (Å²) in [6.45, 7) is 2.41. The van der Waals surface area contributed by atoms with Crippen LogP contribution in [0.3, 0.4) is 0 Å². The van der Waals surface area contributed by atoms with Gasteiger partial charge in [-0.3, -0.25) is 0 Å². The van der Waals surface area contributed by atoms with Crippen LogP contribution in [-0.4, -0.2) is 115 Å². The molecule has 0 amide bonds. The fraction of sp³-hybridized carbons (Fsp3) is 0.769. The first-order valence-electron chi connectivity index (χ1n) is 6.65. The van der Waals surface area contributed by atoms with Crippen molar-refractivity contribution in [2.45, 2.75) is 25.2 Å². The minimum Gasteiger partial charge on any atom is -0.478 e. The molecule has 0 aromatic rings. The van der Waals surface area contributed by atoms with Gasteiger partial charge in [0.15, 0.2) is 0 Å². The van der Waals surface area contributed by atoms with Crippen LogP contribution in [0.25, 0.3) is 0 Å². The number of aliphatic hydroxyl groups excluding tert-OH is 9. The van der Waals surface area contributed by atoms with E-state index < -0.39 is 24.3 Å². The van der Waals surface area contributed by atoms with E-state index in [0.717, 1.165) is 0 Å². The fourth-order valence-corrected chi connectivity index (χ4v) is 0.173.